The van der Waals surface area contributed by atoms with E-state index < -0.39 is 16.5 Å². The summed E-state index contributed by atoms with van der Waals surface area (Å²) in [4.78, 5) is 48.6. The van der Waals surface area contributed by atoms with Crippen LogP contribution in [0.4, 0.5) is 0 Å². The smallest absolute Gasteiger partial charge is 0.245 e. The minimum absolute atomic E-state index is 0.158. The van der Waals surface area contributed by atoms with Gasteiger partial charge in [-0.05, 0) is 56.8 Å². The normalized spacial score (nSPS) is 20.6. The molecule has 8 heteroatoms. The third-order valence-corrected chi connectivity index (χ3v) is 6.06. The average Bonchev–Trinajstić information content (AvgIpc) is 3.47. The summed E-state index contributed by atoms with van der Waals surface area (Å²) < 4.78 is 0. The van der Waals surface area contributed by atoms with Crippen molar-refractivity contribution >= 4 is 23.6 Å². The Morgan fingerprint density at radius 3 is 1.24 bits per heavy atom. The zero-order valence-corrected chi connectivity index (χ0v) is 18.5. The van der Waals surface area contributed by atoms with E-state index in [0.29, 0.717) is 13.1 Å². The van der Waals surface area contributed by atoms with Gasteiger partial charge in [0.1, 0.15) is 11.1 Å². The minimum Gasteiger partial charge on any atom is -0.353 e. The first kappa shape index (κ1) is 23.2. The highest BCUT2D eigenvalue weighted by Crippen LogP contribution is 2.40. The van der Waals surface area contributed by atoms with Crippen molar-refractivity contribution < 1.29 is 19.2 Å². The number of hydrogen-bond donors (Lipinski definition) is 4. The number of amides is 4. The number of carbonyl (C=O) groups excluding carboxylic acids is 4. The molecule has 29 heavy (non-hydrogen) atoms. The van der Waals surface area contributed by atoms with Gasteiger partial charge >= 0.3 is 0 Å². The van der Waals surface area contributed by atoms with Gasteiger partial charge in [0.25, 0.3) is 0 Å². The van der Waals surface area contributed by atoms with E-state index in [1.807, 2.05) is 13.8 Å². The summed E-state index contributed by atoms with van der Waals surface area (Å²) in [7, 11) is 0. The summed E-state index contributed by atoms with van der Waals surface area (Å²) >= 11 is 0. The van der Waals surface area contributed by atoms with Crippen LogP contribution in [-0.4, -0.2) is 47.8 Å². The molecule has 2 rings (SSSR count). The van der Waals surface area contributed by atoms with Crippen LogP contribution in [0.2, 0.25) is 0 Å². The van der Waals surface area contributed by atoms with Crippen LogP contribution in [-0.2, 0) is 19.2 Å². The maximum Gasteiger partial charge on any atom is 0.245 e. The van der Waals surface area contributed by atoms with Crippen LogP contribution >= 0.6 is 0 Å². The van der Waals surface area contributed by atoms with E-state index in [1.165, 1.54) is 13.8 Å². The second-order valence-electron chi connectivity index (χ2n) is 9.85. The summed E-state index contributed by atoms with van der Waals surface area (Å²) in [5.41, 5.74) is -2.20. The average molecular weight is 409 g/mol. The Balaban J connectivity index is 1.90. The Labute approximate surface area is 173 Å². The van der Waals surface area contributed by atoms with Gasteiger partial charge in [0, 0.05) is 26.9 Å². The first-order valence-electron chi connectivity index (χ1n) is 10.4. The van der Waals surface area contributed by atoms with Crippen molar-refractivity contribution in [1.82, 2.24) is 21.3 Å². The van der Waals surface area contributed by atoms with E-state index in [1.54, 1.807) is 13.8 Å². The van der Waals surface area contributed by atoms with Crippen LogP contribution < -0.4 is 21.3 Å². The lowest BCUT2D eigenvalue weighted by atomic mass is 9.89. The summed E-state index contributed by atoms with van der Waals surface area (Å²) in [6, 6.07) is 0. The lowest BCUT2D eigenvalue weighted by Crippen LogP contribution is -2.60. The Morgan fingerprint density at radius 1 is 0.690 bits per heavy atom. The Morgan fingerprint density at radius 2 is 1.00 bits per heavy atom. The van der Waals surface area contributed by atoms with Crippen molar-refractivity contribution in [2.45, 2.75) is 78.3 Å². The highest BCUT2D eigenvalue weighted by Gasteiger charge is 2.49. The molecule has 0 aromatic carbocycles. The van der Waals surface area contributed by atoms with Gasteiger partial charge in [-0.25, -0.2) is 0 Å². The molecule has 2 saturated carbocycles. The zero-order valence-electron chi connectivity index (χ0n) is 18.5. The molecular formula is C21H36N4O4. The standard InChI is InChI=1S/C21H36N4O4/c1-13(26)24-20(5,15-7-8-15)17(28)22-11-19(3,4)12-23-18(29)21(6,16-9-10-16)25-14(2)27/h15-16H,7-12H2,1-6H3,(H,22,28)(H,23,29)(H,24,26)(H,25,27). The molecule has 0 saturated heterocycles. The highest BCUT2D eigenvalue weighted by atomic mass is 16.2. The fourth-order valence-corrected chi connectivity index (χ4v) is 3.81. The molecule has 2 fully saturated rings. The first-order chi connectivity index (χ1) is 13.3. The van der Waals surface area contributed by atoms with Crippen molar-refractivity contribution in [3.05, 3.63) is 0 Å². The highest BCUT2D eigenvalue weighted by molar-refractivity contribution is 5.92. The van der Waals surface area contributed by atoms with Crippen LogP contribution in [0.3, 0.4) is 0 Å². The number of nitrogens with one attached hydrogen (secondary N) is 4. The van der Waals surface area contributed by atoms with Crippen molar-refractivity contribution in [2.24, 2.45) is 17.3 Å². The summed E-state index contributed by atoms with van der Waals surface area (Å²) in [6.45, 7) is 11.0. The van der Waals surface area contributed by atoms with E-state index in [-0.39, 0.29) is 35.5 Å². The van der Waals surface area contributed by atoms with Gasteiger partial charge in [-0.1, -0.05) is 13.8 Å². The lowest BCUT2D eigenvalue weighted by molar-refractivity contribution is -0.134. The van der Waals surface area contributed by atoms with Crippen molar-refractivity contribution in [3.63, 3.8) is 0 Å². The van der Waals surface area contributed by atoms with Crippen molar-refractivity contribution in [1.29, 1.82) is 0 Å². The third kappa shape index (κ3) is 5.93. The molecule has 0 aromatic heterocycles. The van der Waals surface area contributed by atoms with Gasteiger partial charge in [-0.15, -0.1) is 0 Å². The minimum atomic E-state index is -0.902. The summed E-state index contributed by atoms with van der Waals surface area (Å²) in [5.74, 6) is -0.527. The van der Waals surface area contributed by atoms with E-state index in [4.69, 9.17) is 0 Å². The maximum atomic E-state index is 12.8. The predicted molar refractivity (Wildman–Crippen MR) is 110 cm³/mol. The topological polar surface area (TPSA) is 116 Å². The summed E-state index contributed by atoms with van der Waals surface area (Å²) in [6.07, 6.45) is 3.69. The zero-order chi connectivity index (χ0) is 22.0. The SMILES string of the molecule is CC(=O)NC(C)(C(=O)NCC(C)(C)CNC(=O)C(C)(NC(C)=O)C1CC1)C1CC1. The van der Waals surface area contributed by atoms with Crippen LogP contribution in [0.25, 0.3) is 0 Å². The molecular weight excluding hydrogens is 372 g/mol. The van der Waals surface area contributed by atoms with Crippen molar-refractivity contribution in [3.8, 4) is 0 Å². The van der Waals surface area contributed by atoms with Gasteiger partial charge in [0.2, 0.25) is 23.6 Å². The molecule has 4 amide bonds. The van der Waals surface area contributed by atoms with Gasteiger partial charge < -0.3 is 21.3 Å². The molecule has 2 unspecified atom stereocenters. The Kier molecular flexibility index (Phi) is 6.65. The van der Waals surface area contributed by atoms with Gasteiger partial charge in [-0.3, -0.25) is 19.2 Å². The molecule has 4 N–H and O–H groups in total. The summed E-state index contributed by atoms with van der Waals surface area (Å²) in [5, 5.41) is 11.5. The molecule has 8 nitrogen and oxygen atoms in total. The third-order valence-electron chi connectivity index (χ3n) is 6.06. The number of carbonyl (C=O) groups is 4. The van der Waals surface area contributed by atoms with E-state index >= 15 is 0 Å². The number of hydrogen-bond acceptors (Lipinski definition) is 4. The van der Waals surface area contributed by atoms with E-state index in [0.717, 1.165) is 25.7 Å². The second-order valence-corrected chi connectivity index (χ2v) is 9.85. The molecule has 0 spiro atoms. The van der Waals surface area contributed by atoms with Crippen LogP contribution in [0, 0.1) is 17.3 Å². The monoisotopic (exact) mass is 408 g/mol. The largest absolute Gasteiger partial charge is 0.353 e. The van der Waals surface area contributed by atoms with E-state index in [9.17, 15) is 19.2 Å². The quantitative estimate of drug-likeness (QED) is 0.429. The Bertz CT molecular complexity index is 628. The Hall–Kier alpha value is -2.12. The maximum absolute atomic E-state index is 12.8. The molecule has 2 aliphatic rings. The molecule has 0 heterocycles. The predicted octanol–water partition coefficient (Wildman–Crippen LogP) is 0.855. The molecule has 0 radical (unpaired) electrons. The molecule has 2 aliphatic carbocycles. The lowest BCUT2D eigenvalue weighted by Gasteiger charge is -2.34. The van der Waals surface area contributed by atoms with Crippen LogP contribution in [0.1, 0.15) is 67.2 Å². The molecule has 2 atom stereocenters. The van der Waals surface area contributed by atoms with Gasteiger partial charge in [0.15, 0.2) is 0 Å². The van der Waals surface area contributed by atoms with Gasteiger partial charge in [0.05, 0.1) is 0 Å². The molecule has 0 aliphatic heterocycles. The fraction of sp³-hybridized carbons (Fsp3) is 0.810. The number of rotatable bonds is 10. The van der Waals surface area contributed by atoms with E-state index in [2.05, 4.69) is 21.3 Å². The van der Waals surface area contributed by atoms with Crippen LogP contribution in [0.5, 0.6) is 0 Å². The fourth-order valence-electron chi connectivity index (χ4n) is 3.81. The molecule has 164 valence electrons. The van der Waals surface area contributed by atoms with Crippen LogP contribution in [0.15, 0.2) is 0 Å². The first-order valence-corrected chi connectivity index (χ1v) is 10.4. The van der Waals surface area contributed by atoms with Crippen molar-refractivity contribution in [2.75, 3.05) is 13.1 Å². The second kappa shape index (κ2) is 8.32. The molecule has 0 bridgehead atoms. The van der Waals surface area contributed by atoms with Gasteiger partial charge in [-0.2, -0.15) is 0 Å². The molecule has 0 aromatic rings.